The van der Waals surface area contributed by atoms with Crippen molar-refractivity contribution in [1.29, 1.82) is 0 Å². The second kappa shape index (κ2) is 4.97. The van der Waals surface area contributed by atoms with Gasteiger partial charge >= 0.3 is 0 Å². The van der Waals surface area contributed by atoms with E-state index in [0.717, 1.165) is 4.90 Å². The van der Waals surface area contributed by atoms with Crippen LogP contribution >= 0.6 is 0 Å². The van der Waals surface area contributed by atoms with E-state index in [9.17, 15) is 17.6 Å². The number of nitrogens with zero attached hydrogens (tertiary/aromatic N) is 2. The molecule has 16 heavy (non-hydrogen) atoms. The van der Waals surface area contributed by atoms with Gasteiger partial charge in [0.25, 0.3) is 6.43 Å². The van der Waals surface area contributed by atoms with Crippen molar-refractivity contribution < 1.29 is 17.6 Å². The number of rotatable bonds is 4. The van der Waals surface area contributed by atoms with Gasteiger partial charge < -0.3 is 10.3 Å². The first-order valence-corrected chi connectivity index (χ1v) is 4.27. The van der Waals surface area contributed by atoms with E-state index in [-0.39, 0.29) is 0 Å². The summed E-state index contributed by atoms with van der Waals surface area (Å²) in [7, 11) is 1.22. The Morgan fingerprint density at radius 2 is 2.06 bits per heavy atom. The predicted molar refractivity (Wildman–Crippen MR) is 51.2 cm³/mol. The quantitative estimate of drug-likeness (QED) is 0.472. The van der Waals surface area contributed by atoms with E-state index in [0.29, 0.717) is 6.07 Å². The van der Waals surface area contributed by atoms with Crippen LogP contribution in [0, 0.1) is 11.6 Å². The fraction of sp³-hybridized carbons (Fsp3) is 0.375. The summed E-state index contributed by atoms with van der Waals surface area (Å²) >= 11 is 0. The number of nitrogens with two attached hydrogens (primary N) is 1. The summed E-state index contributed by atoms with van der Waals surface area (Å²) in [4.78, 5) is 4.33. The van der Waals surface area contributed by atoms with E-state index < -0.39 is 36.2 Å². The molecule has 3 N–H and O–H groups in total. The second-order valence-electron chi connectivity index (χ2n) is 3.04. The highest BCUT2D eigenvalue weighted by Gasteiger charge is 2.17. The van der Waals surface area contributed by atoms with Crippen molar-refractivity contribution >= 4 is 11.6 Å². The van der Waals surface area contributed by atoms with E-state index in [4.69, 9.17) is 5.84 Å². The zero-order valence-electron chi connectivity index (χ0n) is 8.35. The van der Waals surface area contributed by atoms with Crippen LogP contribution in [0.25, 0.3) is 0 Å². The van der Waals surface area contributed by atoms with Gasteiger partial charge in [-0.1, -0.05) is 0 Å². The van der Waals surface area contributed by atoms with Crippen molar-refractivity contribution in [3.8, 4) is 0 Å². The molecule has 0 saturated carbocycles. The Morgan fingerprint density at radius 3 is 2.56 bits per heavy atom. The minimum absolute atomic E-state index is 0.394. The summed E-state index contributed by atoms with van der Waals surface area (Å²) in [5.41, 5.74) is 1.90. The Kier molecular flexibility index (Phi) is 3.88. The lowest BCUT2D eigenvalue weighted by Crippen LogP contribution is -2.26. The number of aromatic nitrogens is 1. The molecule has 0 aliphatic heterocycles. The fourth-order valence-corrected chi connectivity index (χ4v) is 1.12. The van der Waals surface area contributed by atoms with E-state index >= 15 is 0 Å². The van der Waals surface area contributed by atoms with Crippen LogP contribution in [0.3, 0.4) is 0 Å². The van der Waals surface area contributed by atoms with E-state index in [1.165, 1.54) is 7.05 Å². The molecule has 0 amide bonds. The molecular formula is C8H10F4N4. The first kappa shape index (κ1) is 12.5. The first-order valence-electron chi connectivity index (χ1n) is 4.27. The molecule has 0 unspecified atom stereocenters. The SMILES string of the molecule is CN(CC(F)F)c1nc(NN)c(F)cc1F. The molecule has 0 aliphatic carbocycles. The third-order valence-electron chi connectivity index (χ3n) is 1.82. The lowest BCUT2D eigenvalue weighted by molar-refractivity contribution is 0.156. The van der Waals surface area contributed by atoms with Crippen molar-refractivity contribution in [2.24, 2.45) is 5.84 Å². The van der Waals surface area contributed by atoms with Crippen molar-refractivity contribution in [2.75, 3.05) is 23.9 Å². The van der Waals surface area contributed by atoms with Crippen molar-refractivity contribution in [3.63, 3.8) is 0 Å². The summed E-state index contributed by atoms with van der Waals surface area (Å²) in [5, 5.41) is 0. The molecule has 1 rings (SSSR count). The molecule has 90 valence electrons. The highest BCUT2D eigenvalue weighted by molar-refractivity contribution is 5.48. The zero-order chi connectivity index (χ0) is 12.3. The smallest absolute Gasteiger partial charge is 0.255 e. The van der Waals surface area contributed by atoms with Crippen LogP contribution in [-0.2, 0) is 0 Å². The molecule has 0 spiro atoms. The van der Waals surface area contributed by atoms with Crippen LogP contribution < -0.4 is 16.2 Å². The lowest BCUT2D eigenvalue weighted by atomic mass is 10.3. The molecule has 0 saturated heterocycles. The van der Waals surface area contributed by atoms with Gasteiger partial charge in [0, 0.05) is 13.1 Å². The lowest BCUT2D eigenvalue weighted by Gasteiger charge is -2.18. The molecule has 1 aromatic rings. The van der Waals surface area contributed by atoms with Crippen LogP contribution in [0.5, 0.6) is 0 Å². The number of nitrogen functional groups attached to an aromatic ring is 1. The zero-order valence-corrected chi connectivity index (χ0v) is 8.35. The molecule has 0 aliphatic rings. The highest BCUT2D eigenvalue weighted by atomic mass is 19.3. The van der Waals surface area contributed by atoms with Gasteiger partial charge in [-0.2, -0.15) is 0 Å². The second-order valence-corrected chi connectivity index (χ2v) is 3.04. The third kappa shape index (κ3) is 2.72. The molecule has 4 nitrogen and oxygen atoms in total. The number of hydrogen-bond donors (Lipinski definition) is 2. The van der Waals surface area contributed by atoms with Crippen molar-refractivity contribution in [2.45, 2.75) is 6.43 Å². The number of anilines is 2. The minimum atomic E-state index is -2.65. The Bertz CT molecular complexity index is 371. The van der Waals surface area contributed by atoms with Gasteiger partial charge in [-0.25, -0.2) is 28.4 Å². The standard InChI is InChI=1S/C8H10F4N4/c1-16(3-6(11)12)8-5(10)2-4(9)7(14-8)15-13/h2,6H,3,13H2,1H3,(H,14,15). The maximum Gasteiger partial charge on any atom is 0.255 e. The topological polar surface area (TPSA) is 54.2 Å². The molecule has 0 aromatic carbocycles. The first-order chi connectivity index (χ1) is 7.45. The average molecular weight is 238 g/mol. The van der Waals surface area contributed by atoms with Crippen LogP contribution in [0.15, 0.2) is 6.07 Å². The van der Waals surface area contributed by atoms with Gasteiger partial charge in [0.2, 0.25) is 0 Å². The normalized spacial score (nSPS) is 10.7. The number of halogens is 4. The monoisotopic (exact) mass is 238 g/mol. The van der Waals surface area contributed by atoms with Crippen molar-refractivity contribution in [3.05, 3.63) is 17.7 Å². The number of hydrazine groups is 1. The van der Waals surface area contributed by atoms with Gasteiger partial charge in [0.15, 0.2) is 23.3 Å². The molecular weight excluding hydrogens is 228 g/mol. The van der Waals surface area contributed by atoms with Crippen LogP contribution in [0.2, 0.25) is 0 Å². The third-order valence-corrected chi connectivity index (χ3v) is 1.82. The Morgan fingerprint density at radius 1 is 1.44 bits per heavy atom. The molecule has 1 heterocycles. The molecule has 8 heteroatoms. The molecule has 0 fully saturated rings. The number of pyridine rings is 1. The largest absolute Gasteiger partial charge is 0.351 e. The van der Waals surface area contributed by atoms with Gasteiger partial charge in [0.05, 0.1) is 6.54 Å². The highest BCUT2D eigenvalue weighted by Crippen LogP contribution is 2.21. The molecule has 0 radical (unpaired) electrons. The number of hydrogen-bond acceptors (Lipinski definition) is 4. The van der Waals surface area contributed by atoms with E-state index in [1.54, 1.807) is 0 Å². The van der Waals surface area contributed by atoms with Gasteiger partial charge in [0.1, 0.15) is 0 Å². The summed E-state index contributed by atoms with van der Waals surface area (Å²) < 4.78 is 50.3. The van der Waals surface area contributed by atoms with Gasteiger partial charge in [-0.3, -0.25) is 0 Å². The number of nitrogens with one attached hydrogen (secondary N) is 1. The Hall–Kier alpha value is -1.57. The summed E-state index contributed by atoms with van der Waals surface area (Å²) in [6.45, 7) is -0.709. The van der Waals surface area contributed by atoms with Gasteiger partial charge in [-0.05, 0) is 0 Å². The maximum atomic E-state index is 13.2. The summed E-state index contributed by atoms with van der Waals surface area (Å²) in [5.74, 6) is 2.11. The predicted octanol–water partition coefficient (Wildman–Crippen LogP) is 1.35. The van der Waals surface area contributed by atoms with E-state index in [1.807, 2.05) is 5.43 Å². The average Bonchev–Trinajstić information content (AvgIpc) is 2.16. The Balaban J connectivity index is 3.03. The van der Waals surface area contributed by atoms with Crippen LogP contribution in [0.4, 0.5) is 29.2 Å². The molecule has 0 bridgehead atoms. The number of alkyl halides is 2. The fourth-order valence-electron chi connectivity index (χ4n) is 1.12. The van der Waals surface area contributed by atoms with Crippen LogP contribution in [-0.4, -0.2) is 25.0 Å². The Labute approximate surface area is 89.0 Å². The minimum Gasteiger partial charge on any atom is -0.351 e. The summed E-state index contributed by atoms with van der Waals surface area (Å²) in [6.07, 6.45) is -2.65. The van der Waals surface area contributed by atoms with Crippen molar-refractivity contribution in [1.82, 2.24) is 4.98 Å². The van der Waals surface area contributed by atoms with E-state index in [2.05, 4.69) is 4.98 Å². The molecule has 0 atom stereocenters. The maximum absolute atomic E-state index is 13.2. The summed E-state index contributed by atoms with van der Waals surface area (Å²) in [6, 6.07) is 0.527. The van der Waals surface area contributed by atoms with Crippen LogP contribution in [0.1, 0.15) is 0 Å². The molecule has 1 aromatic heterocycles. The van der Waals surface area contributed by atoms with Gasteiger partial charge in [-0.15, -0.1) is 0 Å².